The zero-order chi connectivity index (χ0) is 21.8. The first-order valence-electron chi connectivity index (χ1n) is 10.5. The lowest BCUT2D eigenvalue weighted by Crippen LogP contribution is -2.49. The van der Waals surface area contributed by atoms with E-state index < -0.39 is 0 Å². The lowest BCUT2D eigenvalue weighted by atomic mass is 9.91. The fraction of sp³-hybridized carbons (Fsp3) is 0.348. The Kier molecular flexibility index (Phi) is 6.18. The summed E-state index contributed by atoms with van der Waals surface area (Å²) in [5, 5.41) is 5.75. The van der Waals surface area contributed by atoms with Crippen LogP contribution < -0.4 is 26.0 Å². The van der Waals surface area contributed by atoms with Gasteiger partial charge in [0.2, 0.25) is 5.91 Å². The maximum Gasteiger partial charge on any atom is 0.265 e. The van der Waals surface area contributed by atoms with Gasteiger partial charge in [-0.15, -0.1) is 0 Å². The van der Waals surface area contributed by atoms with E-state index in [2.05, 4.69) is 10.6 Å². The van der Waals surface area contributed by atoms with Crippen LogP contribution in [0.15, 0.2) is 48.5 Å². The van der Waals surface area contributed by atoms with Crippen LogP contribution in [-0.4, -0.2) is 43.0 Å². The Hall–Kier alpha value is -3.39. The summed E-state index contributed by atoms with van der Waals surface area (Å²) >= 11 is 0. The van der Waals surface area contributed by atoms with Gasteiger partial charge in [0.15, 0.2) is 6.61 Å². The van der Waals surface area contributed by atoms with E-state index in [0.29, 0.717) is 22.7 Å². The highest BCUT2D eigenvalue weighted by molar-refractivity contribution is 6.11. The molecule has 8 nitrogen and oxygen atoms in total. The Balaban J connectivity index is 1.47. The van der Waals surface area contributed by atoms with Crippen molar-refractivity contribution in [2.24, 2.45) is 5.73 Å². The standard InChI is InChI=1S/C23H26N4O4/c24-17-8-4-5-9-18(17)26-23(30)15-10-11-20-19(12-15)25-21(28)13-27(20)22(29)14-31-16-6-2-1-3-7-16/h1-3,6-7,10-12,17-18H,4-5,8-9,13-14,24H2,(H,25,28)(H,26,30). The predicted molar refractivity (Wildman–Crippen MR) is 117 cm³/mol. The minimum atomic E-state index is -0.342. The number of hydrogen-bond donors (Lipinski definition) is 3. The molecule has 1 aliphatic heterocycles. The fourth-order valence-corrected chi connectivity index (χ4v) is 3.98. The van der Waals surface area contributed by atoms with Crippen LogP contribution in [0.4, 0.5) is 11.4 Å². The highest BCUT2D eigenvalue weighted by atomic mass is 16.5. The van der Waals surface area contributed by atoms with Crippen LogP contribution in [0.3, 0.4) is 0 Å². The van der Waals surface area contributed by atoms with Crippen LogP contribution in [0.25, 0.3) is 0 Å². The van der Waals surface area contributed by atoms with Crippen LogP contribution in [-0.2, 0) is 9.59 Å². The Morgan fingerprint density at radius 3 is 2.68 bits per heavy atom. The Morgan fingerprint density at radius 2 is 1.90 bits per heavy atom. The number of nitrogens with one attached hydrogen (secondary N) is 2. The average molecular weight is 422 g/mol. The summed E-state index contributed by atoms with van der Waals surface area (Å²) in [4.78, 5) is 39.0. The second kappa shape index (κ2) is 9.18. The molecule has 4 N–H and O–H groups in total. The van der Waals surface area contributed by atoms with E-state index in [1.165, 1.54) is 4.90 Å². The number of ether oxygens (including phenoxy) is 1. The van der Waals surface area contributed by atoms with E-state index in [-0.39, 0.29) is 43.0 Å². The number of para-hydroxylation sites is 1. The van der Waals surface area contributed by atoms with Gasteiger partial charge in [-0.3, -0.25) is 19.3 Å². The summed E-state index contributed by atoms with van der Waals surface area (Å²) in [6.45, 7) is -0.301. The summed E-state index contributed by atoms with van der Waals surface area (Å²) in [6, 6.07) is 13.8. The summed E-state index contributed by atoms with van der Waals surface area (Å²) in [7, 11) is 0. The molecule has 4 rings (SSSR count). The molecule has 1 fully saturated rings. The zero-order valence-corrected chi connectivity index (χ0v) is 17.2. The molecule has 2 aliphatic rings. The predicted octanol–water partition coefficient (Wildman–Crippen LogP) is 2.05. The lowest BCUT2D eigenvalue weighted by molar-refractivity contribution is -0.123. The molecule has 8 heteroatoms. The number of fused-ring (bicyclic) bond motifs is 1. The third kappa shape index (κ3) is 4.86. The van der Waals surface area contributed by atoms with Crippen molar-refractivity contribution in [1.29, 1.82) is 0 Å². The summed E-state index contributed by atoms with van der Waals surface area (Å²) < 4.78 is 5.53. The third-order valence-corrected chi connectivity index (χ3v) is 5.67. The van der Waals surface area contributed by atoms with Crippen LogP contribution in [0, 0.1) is 0 Å². The number of hydrogen-bond acceptors (Lipinski definition) is 5. The summed E-state index contributed by atoms with van der Waals surface area (Å²) in [5.74, 6) is -0.335. The lowest BCUT2D eigenvalue weighted by Gasteiger charge is -2.30. The minimum Gasteiger partial charge on any atom is -0.484 e. The van der Waals surface area contributed by atoms with Crippen molar-refractivity contribution in [3.8, 4) is 5.75 Å². The number of benzene rings is 2. The van der Waals surface area contributed by atoms with Gasteiger partial charge in [-0.25, -0.2) is 0 Å². The van der Waals surface area contributed by atoms with Gasteiger partial charge in [-0.05, 0) is 43.2 Å². The first kappa shape index (κ1) is 20.9. The van der Waals surface area contributed by atoms with E-state index in [4.69, 9.17) is 10.5 Å². The second-order valence-corrected chi connectivity index (χ2v) is 7.89. The highest BCUT2D eigenvalue weighted by Crippen LogP contribution is 2.31. The third-order valence-electron chi connectivity index (χ3n) is 5.67. The molecule has 3 amide bonds. The van der Waals surface area contributed by atoms with E-state index in [0.717, 1.165) is 25.7 Å². The molecule has 0 bridgehead atoms. The maximum atomic E-state index is 12.7. The topological polar surface area (TPSA) is 114 Å². The first-order chi connectivity index (χ1) is 15.0. The number of nitrogens with two attached hydrogens (primary N) is 1. The van der Waals surface area contributed by atoms with Crippen molar-refractivity contribution in [2.75, 3.05) is 23.4 Å². The van der Waals surface area contributed by atoms with Gasteiger partial charge in [-0.1, -0.05) is 31.0 Å². The largest absolute Gasteiger partial charge is 0.484 e. The van der Waals surface area contributed by atoms with Gasteiger partial charge in [0.25, 0.3) is 11.8 Å². The molecule has 2 aromatic rings. The molecule has 1 heterocycles. The second-order valence-electron chi connectivity index (χ2n) is 7.89. The molecular weight excluding hydrogens is 396 g/mol. The van der Waals surface area contributed by atoms with E-state index in [1.54, 1.807) is 30.3 Å². The Morgan fingerprint density at radius 1 is 1.13 bits per heavy atom. The van der Waals surface area contributed by atoms with Gasteiger partial charge in [-0.2, -0.15) is 0 Å². The molecular formula is C23H26N4O4. The molecule has 31 heavy (non-hydrogen) atoms. The van der Waals surface area contributed by atoms with E-state index >= 15 is 0 Å². The van der Waals surface area contributed by atoms with E-state index in [9.17, 15) is 14.4 Å². The van der Waals surface area contributed by atoms with Crippen molar-refractivity contribution in [1.82, 2.24) is 5.32 Å². The molecule has 2 aromatic carbocycles. The van der Waals surface area contributed by atoms with Crippen molar-refractivity contribution in [3.05, 3.63) is 54.1 Å². The smallest absolute Gasteiger partial charge is 0.265 e. The first-order valence-corrected chi connectivity index (χ1v) is 10.5. The molecule has 1 saturated carbocycles. The van der Waals surface area contributed by atoms with Gasteiger partial charge >= 0.3 is 0 Å². The molecule has 0 saturated heterocycles. The fourth-order valence-electron chi connectivity index (χ4n) is 3.98. The van der Waals surface area contributed by atoms with Crippen molar-refractivity contribution >= 4 is 29.1 Å². The number of nitrogens with zero attached hydrogens (tertiary/aromatic N) is 1. The number of amides is 3. The zero-order valence-electron chi connectivity index (χ0n) is 17.2. The van der Waals surface area contributed by atoms with Crippen LogP contribution in [0.1, 0.15) is 36.0 Å². The number of carbonyl (C=O) groups excluding carboxylic acids is 3. The summed E-state index contributed by atoms with van der Waals surface area (Å²) in [5.41, 5.74) is 7.49. The van der Waals surface area contributed by atoms with Crippen molar-refractivity contribution in [2.45, 2.75) is 37.8 Å². The molecule has 0 aromatic heterocycles. The quantitative estimate of drug-likeness (QED) is 0.682. The van der Waals surface area contributed by atoms with Crippen molar-refractivity contribution < 1.29 is 19.1 Å². The molecule has 1 aliphatic carbocycles. The SMILES string of the molecule is NC1CCCCC1NC(=O)c1ccc2c(c1)NC(=O)CN2C(=O)COc1ccccc1. The number of carbonyl (C=O) groups is 3. The van der Waals surface area contributed by atoms with Crippen LogP contribution >= 0.6 is 0 Å². The van der Waals surface area contributed by atoms with Crippen LogP contribution in [0.5, 0.6) is 5.75 Å². The average Bonchev–Trinajstić information content (AvgIpc) is 2.78. The van der Waals surface area contributed by atoms with E-state index in [1.807, 2.05) is 18.2 Å². The normalized spacial score (nSPS) is 20.4. The minimum absolute atomic E-state index is 0.0484. The molecule has 162 valence electrons. The van der Waals surface area contributed by atoms with Crippen LogP contribution in [0.2, 0.25) is 0 Å². The molecule has 2 atom stereocenters. The Labute approximate surface area is 180 Å². The molecule has 0 spiro atoms. The Bertz CT molecular complexity index is 979. The highest BCUT2D eigenvalue weighted by Gasteiger charge is 2.29. The molecule has 2 unspecified atom stereocenters. The van der Waals surface area contributed by atoms with Gasteiger partial charge < -0.3 is 21.1 Å². The molecule has 0 radical (unpaired) electrons. The van der Waals surface area contributed by atoms with Gasteiger partial charge in [0, 0.05) is 17.6 Å². The maximum absolute atomic E-state index is 12.7. The van der Waals surface area contributed by atoms with Crippen molar-refractivity contribution in [3.63, 3.8) is 0 Å². The number of anilines is 2. The van der Waals surface area contributed by atoms with Gasteiger partial charge in [0.1, 0.15) is 12.3 Å². The monoisotopic (exact) mass is 422 g/mol. The summed E-state index contributed by atoms with van der Waals surface area (Å²) in [6.07, 6.45) is 3.88. The van der Waals surface area contributed by atoms with Gasteiger partial charge in [0.05, 0.1) is 11.4 Å². The number of rotatable bonds is 5.